The number of rotatable bonds is 3. The second-order valence-corrected chi connectivity index (χ2v) is 4.04. The van der Waals surface area contributed by atoms with Crippen molar-refractivity contribution < 1.29 is 0 Å². The van der Waals surface area contributed by atoms with Crippen molar-refractivity contribution in [3.05, 3.63) is 66.2 Å². The zero-order valence-corrected chi connectivity index (χ0v) is 8.63. The molecule has 0 nitrogen and oxygen atoms in total. The fraction of sp³-hybridized carbons (Fsp3) is 0.0769. The molecule has 0 bridgehead atoms. The minimum absolute atomic E-state index is 0.991. The second-order valence-electron chi connectivity index (χ2n) is 2.99. The van der Waals surface area contributed by atoms with Gasteiger partial charge in [0.2, 0.25) is 0 Å². The van der Waals surface area contributed by atoms with Crippen molar-refractivity contribution in [3.8, 4) is 0 Å². The molecule has 69 valence electrons. The third-order valence-corrected chi connectivity index (χ3v) is 2.97. The van der Waals surface area contributed by atoms with Crippen molar-refractivity contribution in [1.82, 2.24) is 0 Å². The maximum atomic E-state index is 3.22. The molecule has 0 unspecified atom stereocenters. The molecule has 0 saturated carbocycles. The minimum atomic E-state index is 0.991. The van der Waals surface area contributed by atoms with E-state index in [1.807, 2.05) is 30.0 Å². The van der Waals surface area contributed by atoms with Gasteiger partial charge in [-0.05, 0) is 23.8 Å². The van der Waals surface area contributed by atoms with E-state index < -0.39 is 0 Å². The predicted octanol–water partition coefficient (Wildman–Crippen LogP) is 3.78. The lowest BCUT2D eigenvalue weighted by molar-refractivity contribution is 1.37. The van der Waals surface area contributed by atoms with E-state index in [4.69, 9.17) is 0 Å². The van der Waals surface area contributed by atoms with Crippen LogP contribution in [0.4, 0.5) is 0 Å². The highest BCUT2D eigenvalue weighted by atomic mass is 32.2. The molecule has 0 aliphatic rings. The summed E-state index contributed by atoms with van der Waals surface area (Å²) >= 11 is 1.84. The molecular weight excluding hydrogens is 188 g/mol. The van der Waals surface area contributed by atoms with Gasteiger partial charge in [-0.25, -0.2) is 0 Å². The van der Waals surface area contributed by atoms with Gasteiger partial charge in [-0.2, -0.15) is 0 Å². The molecule has 14 heavy (non-hydrogen) atoms. The summed E-state index contributed by atoms with van der Waals surface area (Å²) in [6.07, 6.45) is 0. The van der Waals surface area contributed by atoms with E-state index in [0.29, 0.717) is 0 Å². The summed E-state index contributed by atoms with van der Waals surface area (Å²) in [6.45, 7) is 0. The summed E-state index contributed by atoms with van der Waals surface area (Å²) in [7, 11) is 0. The third kappa shape index (κ3) is 2.64. The Kier molecular flexibility index (Phi) is 3.25. The molecule has 0 N–H and O–H groups in total. The van der Waals surface area contributed by atoms with Gasteiger partial charge in [-0.3, -0.25) is 0 Å². The van der Waals surface area contributed by atoms with Gasteiger partial charge < -0.3 is 0 Å². The Balaban J connectivity index is 1.96. The zero-order chi connectivity index (χ0) is 9.64. The van der Waals surface area contributed by atoms with Gasteiger partial charge >= 0.3 is 0 Å². The predicted molar refractivity (Wildman–Crippen MR) is 61.3 cm³/mol. The summed E-state index contributed by atoms with van der Waals surface area (Å²) in [5.41, 5.74) is 1.25. The van der Waals surface area contributed by atoms with Gasteiger partial charge in [0.25, 0.3) is 0 Å². The van der Waals surface area contributed by atoms with Crippen LogP contribution in [-0.2, 0) is 5.75 Å². The molecule has 2 rings (SSSR count). The molecule has 0 fully saturated rings. The van der Waals surface area contributed by atoms with Gasteiger partial charge in [0.05, 0.1) is 0 Å². The first-order valence-electron chi connectivity index (χ1n) is 4.58. The van der Waals surface area contributed by atoms with E-state index in [1.54, 1.807) is 0 Å². The van der Waals surface area contributed by atoms with Crippen molar-refractivity contribution in [1.29, 1.82) is 0 Å². The monoisotopic (exact) mass is 199 g/mol. The minimum Gasteiger partial charge on any atom is -0.121 e. The molecule has 0 atom stereocenters. The van der Waals surface area contributed by atoms with Crippen LogP contribution in [0.25, 0.3) is 0 Å². The average molecular weight is 199 g/mol. The first kappa shape index (κ1) is 9.35. The quantitative estimate of drug-likeness (QED) is 0.678. The summed E-state index contributed by atoms with van der Waals surface area (Å²) in [5.74, 6) is 0.991. The smallest absolute Gasteiger partial charge is 0.0238 e. The number of thioether (sulfide) groups is 1. The molecule has 2 aromatic carbocycles. The molecule has 1 heteroatoms. The summed E-state index contributed by atoms with van der Waals surface area (Å²) in [4.78, 5) is 1.31. The Labute approximate surface area is 89.0 Å². The molecule has 2 aromatic rings. The Morgan fingerprint density at radius 2 is 1.71 bits per heavy atom. The van der Waals surface area contributed by atoms with Crippen molar-refractivity contribution in [2.45, 2.75) is 10.6 Å². The molecule has 0 saturated heterocycles. The van der Waals surface area contributed by atoms with Crippen LogP contribution < -0.4 is 0 Å². The lowest BCUT2D eigenvalue weighted by Crippen LogP contribution is -1.78. The number of benzene rings is 2. The van der Waals surface area contributed by atoms with E-state index in [2.05, 4.69) is 42.5 Å². The van der Waals surface area contributed by atoms with Gasteiger partial charge in [-0.1, -0.05) is 42.5 Å². The van der Waals surface area contributed by atoms with E-state index in [9.17, 15) is 0 Å². The van der Waals surface area contributed by atoms with Crippen LogP contribution in [0.3, 0.4) is 0 Å². The van der Waals surface area contributed by atoms with Gasteiger partial charge in [-0.15, -0.1) is 11.8 Å². The van der Waals surface area contributed by atoms with E-state index >= 15 is 0 Å². The normalized spacial score (nSPS) is 10.0. The molecule has 0 aromatic heterocycles. The van der Waals surface area contributed by atoms with Gasteiger partial charge in [0.15, 0.2) is 0 Å². The Bertz CT molecular complexity index is 327. The fourth-order valence-electron chi connectivity index (χ4n) is 1.20. The highest BCUT2D eigenvalue weighted by Gasteiger charge is 1.94. The second kappa shape index (κ2) is 4.87. The van der Waals surface area contributed by atoms with Crippen LogP contribution in [0.1, 0.15) is 5.56 Å². The molecule has 1 radical (unpaired) electrons. The number of hydrogen-bond donors (Lipinski definition) is 0. The maximum absolute atomic E-state index is 3.22. The molecule has 0 spiro atoms. The highest BCUT2D eigenvalue weighted by Crippen LogP contribution is 2.21. The summed E-state index contributed by atoms with van der Waals surface area (Å²) < 4.78 is 0. The maximum Gasteiger partial charge on any atom is 0.0238 e. The van der Waals surface area contributed by atoms with Crippen molar-refractivity contribution >= 4 is 11.8 Å². The van der Waals surface area contributed by atoms with E-state index in [0.717, 1.165) is 5.75 Å². The lowest BCUT2D eigenvalue weighted by atomic mass is 10.2. The Morgan fingerprint density at radius 1 is 0.929 bits per heavy atom. The van der Waals surface area contributed by atoms with Crippen LogP contribution in [-0.4, -0.2) is 0 Å². The summed E-state index contributed by atoms with van der Waals surface area (Å²) in [5, 5.41) is 0. The van der Waals surface area contributed by atoms with Crippen LogP contribution >= 0.6 is 11.8 Å². The lowest BCUT2D eigenvalue weighted by Gasteiger charge is -2.00. The van der Waals surface area contributed by atoms with E-state index in [-0.39, 0.29) is 0 Å². The zero-order valence-electron chi connectivity index (χ0n) is 7.81. The number of hydrogen-bond acceptors (Lipinski definition) is 1. The fourth-order valence-corrected chi connectivity index (χ4v) is 2.05. The standard InChI is InChI=1S/C13H11S/c1-3-7-12(8-4-1)11-14-13-9-5-2-6-10-13/h1-7,9-10H,11H2. The van der Waals surface area contributed by atoms with Crippen LogP contribution in [0.5, 0.6) is 0 Å². The molecule has 0 aliphatic carbocycles. The van der Waals surface area contributed by atoms with Crippen LogP contribution in [0.2, 0.25) is 0 Å². The summed E-state index contributed by atoms with van der Waals surface area (Å²) in [6, 6.07) is 21.8. The van der Waals surface area contributed by atoms with Crippen molar-refractivity contribution in [2.75, 3.05) is 0 Å². The average Bonchev–Trinajstić information content (AvgIpc) is 2.29. The third-order valence-electron chi connectivity index (χ3n) is 1.91. The first-order valence-corrected chi connectivity index (χ1v) is 5.57. The van der Waals surface area contributed by atoms with Crippen molar-refractivity contribution in [2.24, 2.45) is 0 Å². The Morgan fingerprint density at radius 3 is 2.43 bits per heavy atom. The SMILES string of the molecule is [c]1ccccc1CSc1ccccc1. The van der Waals surface area contributed by atoms with Crippen LogP contribution in [0, 0.1) is 6.07 Å². The van der Waals surface area contributed by atoms with Crippen molar-refractivity contribution in [3.63, 3.8) is 0 Å². The molecule has 0 heterocycles. The molecular formula is C13H11S. The topological polar surface area (TPSA) is 0 Å². The first-order chi connectivity index (χ1) is 6.95. The van der Waals surface area contributed by atoms with Crippen LogP contribution in [0.15, 0.2) is 59.5 Å². The van der Waals surface area contributed by atoms with Gasteiger partial charge in [0.1, 0.15) is 0 Å². The Hall–Kier alpha value is -1.21. The largest absolute Gasteiger partial charge is 0.121 e. The van der Waals surface area contributed by atoms with Gasteiger partial charge in [0, 0.05) is 10.6 Å². The molecule has 0 amide bonds. The van der Waals surface area contributed by atoms with E-state index in [1.165, 1.54) is 10.5 Å². The molecule has 0 aliphatic heterocycles. The highest BCUT2D eigenvalue weighted by molar-refractivity contribution is 7.98.